The van der Waals surface area contributed by atoms with Gasteiger partial charge in [-0.2, -0.15) is 0 Å². The molecule has 1 amide bonds. The molecule has 0 radical (unpaired) electrons. The van der Waals surface area contributed by atoms with E-state index in [1.54, 1.807) is 0 Å². The number of nitrogens with two attached hydrogens (primary N) is 1. The van der Waals surface area contributed by atoms with Crippen LogP contribution in [0.25, 0.3) is 0 Å². The fraction of sp³-hybridized carbons (Fsp3) is 0.250. The van der Waals surface area contributed by atoms with Crippen LogP contribution >= 0.6 is 0 Å². The Morgan fingerprint density at radius 2 is 2.20 bits per heavy atom. The van der Waals surface area contributed by atoms with E-state index in [0.29, 0.717) is 13.1 Å². The highest BCUT2D eigenvalue weighted by Crippen LogP contribution is 2.09. The van der Waals surface area contributed by atoms with Crippen LogP contribution in [0.4, 0.5) is 8.78 Å². The lowest BCUT2D eigenvalue weighted by Gasteiger charge is -2.04. The third-order valence-electron chi connectivity index (χ3n) is 2.58. The molecule has 2 aromatic rings. The van der Waals surface area contributed by atoms with Crippen molar-refractivity contribution < 1.29 is 13.6 Å². The Balaban J connectivity index is 1.99. The predicted octanol–water partition coefficient (Wildman–Crippen LogP) is 0.445. The number of rotatable bonds is 5. The number of carbonyl (C=O) groups excluding carboxylic acids is 1. The second-order valence-corrected chi connectivity index (χ2v) is 4.07. The van der Waals surface area contributed by atoms with Crippen LogP contribution in [-0.4, -0.2) is 27.4 Å². The largest absolute Gasteiger partial charge is 0.346 e. The van der Waals surface area contributed by atoms with Crippen molar-refractivity contribution in [2.24, 2.45) is 5.73 Å². The average molecular weight is 281 g/mol. The summed E-state index contributed by atoms with van der Waals surface area (Å²) in [5.74, 6) is -1.67. The summed E-state index contributed by atoms with van der Waals surface area (Å²) in [5.41, 5.74) is 5.50. The lowest BCUT2D eigenvalue weighted by Crippen LogP contribution is -2.23. The minimum Gasteiger partial charge on any atom is -0.346 e. The lowest BCUT2D eigenvalue weighted by molar-refractivity contribution is 0.0945. The summed E-state index contributed by atoms with van der Waals surface area (Å²) in [6.07, 6.45) is 1.43. The second-order valence-electron chi connectivity index (χ2n) is 4.07. The quantitative estimate of drug-likeness (QED) is 0.833. The Morgan fingerprint density at radius 3 is 2.95 bits per heavy atom. The normalized spacial score (nSPS) is 10.6. The number of carbonyl (C=O) groups is 1. The SMILES string of the molecule is NCCn1cc(C(=O)NCc2cc(F)ccc2F)nn1. The van der Waals surface area contributed by atoms with Gasteiger partial charge in [-0.15, -0.1) is 5.10 Å². The van der Waals surface area contributed by atoms with Gasteiger partial charge in [0, 0.05) is 18.7 Å². The molecule has 0 aliphatic heterocycles. The molecule has 0 saturated carbocycles. The molecule has 1 aromatic carbocycles. The molecule has 0 spiro atoms. The fourth-order valence-corrected chi connectivity index (χ4v) is 1.59. The first-order chi connectivity index (χ1) is 9.60. The van der Waals surface area contributed by atoms with Crippen LogP contribution in [0.3, 0.4) is 0 Å². The highest BCUT2D eigenvalue weighted by molar-refractivity contribution is 5.91. The third-order valence-corrected chi connectivity index (χ3v) is 2.58. The van der Waals surface area contributed by atoms with E-state index in [-0.39, 0.29) is 17.8 Å². The van der Waals surface area contributed by atoms with Crippen molar-refractivity contribution in [1.29, 1.82) is 0 Å². The van der Waals surface area contributed by atoms with Crippen LogP contribution in [0.15, 0.2) is 24.4 Å². The Morgan fingerprint density at radius 1 is 1.40 bits per heavy atom. The van der Waals surface area contributed by atoms with E-state index in [4.69, 9.17) is 5.73 Å². The van der Waals surface area contributed by atoms with Gasteiger partial charge in [0.25, 0.3) is 5.91 Å². The lowest BCUT2D eigenvalue weighted by atomic mass is 10.2. The molecule has 0 saturated heterocycles. The molecule has 0 fully saturated rings. The standard InChI is InChI=1S/C12H13F2N5O/c13-9-1-2-10(14)8(5-9)6-16-12(20)11-7-19(4-3-15)18-17-11/h1-2,5,7H,3-4,6,15H2,(H,16,20). The molecule has 0 atom stereocenters. The molecule has 0 unspecified atom stereocenters. The molecule has 106 valence electrons. The van der Waals surface area contributed by atoms with E-state index in [0.717, 1.165) is 18.2 Å². The van der Waals surface area contributed by atoms with Gasteiger partial charge < -0.3 is 11.1 Å². The molecule has 0 aliphatic rings. The summed E-state index contributed by atoms with van der Waals surface area (Å²) < 4.78 is 27.8. The number of amides is 1. The maximum absolute atomic E-state index is 13.4. The summed E-state index contributed by atoms with van der Waals surface area (Å²) in [4.78, 5) is 11.8. The van der Waals surface area contributed by atoms with Crippen LogP contribution in [0.1, 0.15) is 16.1 Å². The first-order valence-corrected chi connectivity index (χ1v) is 5.92. The number of halogens is 2. The Bertz CT molecular complexity index is 614. The van der Waals surface area contributed by atoms with Crippen LogP contribution < -0.4 is 11.1 Å². The summed E-state index contributed by atoms with van der Waals surface area (Å²) in [6, 6.07) is 3.05. The van der Waals surface area contributed by atoms with Crippen LogP contribution in [0.5, 0.6) is 0 Å². The third kappa shape index (κ3) is 3.35. The molecule has 1 aromatic heterocycles. The summed E-state index contributed by atoms with van der Waals surface area (Å²) in [7, 11) is 0. The van der Waals surface area contributed by atoms with Gasteiger partial charge in [-0.25, -0.2) is 8.78 Å². The van der Waals surface area contributed by atoms with Crippen molar-refractivity contribution in [2.75, 3.05) is 6.54 Å². The van der Waals surface area contributed by atoms with Gasteiger partial charge in [0.05, 0.1) is 12.7 Å². The highest BCUT2D eigenvalue weighted by atomic mass is 19.1. The van der Waals surface area contributed by atoms with Gasteiger partial charge >= 0.3 is 0 Å². The number of nitrogens with zero attached hydrogens (tertiary/aromatic N) is 3. The maximum Gasteiger partial charge on any atom is 0.273 e. The van der Waals surface area contributed by atoms with Crippen molar-refractivity contribution in [3.63, 3.8) is 0 Å². The zero-order valence-corrected chi connectivity index (χ0v) is 10.5. The Kier molecular flexibility index (Phi) is 4.36. The molecule has 3 N–H and O–H groups in total. The van der Waals surface area contributed by atoms with Crippen molar-refractivity contribution in [2.45, 2.75) is 13.1 Å². The first-order valence-electron chi connectivity index (χ1n) is 5.92. The number of hydrogen-bond acceptors (Lipinski definition) is 4. The Labute approximate surface area is 113 Å². The van der Waals surface area contributed by atoms with Crippen molar-refractivity contribution in [3.05, 3.63) is 47.3 Å². The number of hydrogen-bond donors (Lipinski definition) is 2. The second kappa shape index (κ2) is 6.20. The van der Waals surface area contributed by atoms with Gasteiger partial charge in [-0.3, -0.25) is 9.48 Å². The van der Waals surface area contributed by atoms with Crippen LogP contribution in [-0.2, 0) is 13.1 Å². The Hall–Kier alpha value is -2.35. The molecule has 8 heteroatoms. The monoisotopic (exact) mass is 281 g/mol. The first kappa shape index (κ1) is 14.1. The zero-order chi connectivity index (χ0) is 14.5. The summed E-state index contributed by atoms with van der Waals surface area (Å²) >= 11 is 0. The van der Waals surface area contributed by atoms with Crippen LogP contribution in [0.2, 0.25) is 0 Å². The maximum atomic E-state index is 13.4. The van der Waals surface area contributed by atoms with Crippen molar-refractivity contribution >= 4 is 5.91 Å². The highest BCUT2D eigenvalue weighted by Gasteiger charge is 2.11. The van der Waals surface area contributed by atoms with Gasteiger partial charge in [0.15, 0.2) is 5.69 Å². The topological polar surface area (TPSA) is 85.8 Å². The van der Waals surface area contributed by atoms with E-state index < -0.39 is 17.5 Å². The molecule has 6 nitrogen and oxygen atoms in total. The zero-order valence-electron chi connectivity index (χ0n) is 10.5. The predicted molar refractivity (Wildman–Crippen MR) is 66.6 cm³/mol. The van der Waals surface area contributed by atoms with Gasteiger partial charge in [0.2, 0.25) is 0 Å². The molecule has 1 heterocycles. The van der Waals surface area contributed by atoms with Gasteiger partial charge in [0.1, 0.15) is 11.6 Å². The van der Waals surface area contributed by atoms with E-state index >= 15 is 0 Å². The van der Waals surface area contributed by atoms with Crippen molar-refractivity contribution in [1.82, 2.24) is 20.3 Å². The minimum atomic E-state index is -0.585. The van der Waals surface area contributed by atoms with E-state index in [1.807, 2.05) is 0 Å². The fourth-order valence-electron chi connectivity index (χ4n) is 1.59. The van der Waals surface area contributed by atoms with E-state index in [9.17, 15) is 13.6 Å². The number of nitrogens with one attached hydrogen (secondary N) is 1. The van der Waals surface area contributed by atoms with Gasteiger partial charge in [-0.05, 0) is 18.2 Å². The molecule has 20 heavy (non-hydrogen) atoms. The van der Waals surface area contributed by atoms with E-state index in [2.05, 4.69) is 15.6 Å². The smallest absolute Gasteiger partial charge is 0.273 e. The average Bonchev–Trinajstić information content (AvgIpc) is 2.88. The molecular formula is C12H13F2N5O. The molecule has 0 bridgehead atoms. The van der Waals surface area contributed by atoms with E-state index in [1.165, 1.54) is 10.9 Å². The molecular weight excluding hydrogens is 268 g/mol. The minimum absolute atomic E-state index is 0.0627. The van der Waals surface area contributed by atoms with Crippen molar-refractivity contribution in [3.8, 4) is 0 Å². The number of benzene rings is 1. The number of aromatic nitrogens is 3. The summed E-state index contributed by atoms with van der Waals surface area (Å²) in [6.45, 7) is 0.684. The molecule has 0 aliphatic carbocycles. The molecule has 2 rings (SSSR count). The summed E-state index contributed by atoms with van der Waals surface area (Å²) in [5, 5.41) is 9.82. The van der Waals surface area contributed by atoms with Crippen LogP contribution in [0, 0.1) is 11.6 Å². The van der Waals surface area contributed by atoms with Gasteiger partial charge in [-0.1, -0.05) is 5.21 Å².